The van der Waals surface area contributed by atoms with Gasteiger partial charge in [0, 0.05) is 12.1 Å². The fourth-order valence-electron chi connectivity index (χ4n) is 3.06. The Balaban J connectivity index is 1.84. The van der Waals surface area contributed by atoms with Gasteiger partial charge in [0.1, 0.15) is 25.3 Å². The molecule has 0 aliphatic carbocycles. The van der Waals surface area contributed by atoms with Crippen LogP contribution in [0.25, 0.3) is 0 Å². The Morgan fingerprint density at radius 2 is 2.15 bits per heavy atom. The van der Waals surface area contributed by atoms with Crippen LogP contribution >= 0.6 is 0 Å². The molecule has 6 heteroatoms. The Labute approximate surface area is 116 Å². The molecule has 1 unspecified atom stereocenters. The van der Waals surface area contributed by atoms with Crippen LogP contribution in [0.15, 0.2) is 36.9 Å². The second kappa shape index (κ2) is 4.97. The quantitative estimate of drug-likeness (QED) is 0.365. The molecule has 0 aromatic heterocycles. The molecule has 0 radical (unpaired) electrons. The summed E-state index contributed by atoms with van der Waals surface area (Å²) in [4.78, 5) is 10.3. The van der Waals surface area contributed by atoms with Crippen LogP contribution in [0.3, 0.4) is 0 Å². The molecule has 0 spiro atoms. The van der Waals surface area contributed by atoms with Crippen molar-refractivity contribution in [3.63, 3.8) is 0 Å². The lowest BCUT2D eigenvalue weighted by molar-refractivity contribution is -0.938. The van der Waals surface area contributed by atoms with Crippen LogP contribution in [0.5, 0.6) is 0 Å². The van der Waals surface area contributed by atoms with E-state index in [1.165, 1.54) is 12.1 Å². The lowest BCUT2D eigenvalue weighted by Gasteiger charge is -2.29. The molecular formula is C14H17N2O4+. The number of nitrogens with zero attached hydrogens (tertiary/aromatic N) is 2. The van der Waals surface area contributed by atoms with Crippen molar-refractivity contribution < 1.29 is 18.9 Å². The van der Waals surface area contributed by atoms with Gasteiger partial charge in [-0.1, -0.05) is 6.58 Å². The van der Waals surface area contributed by atoms with Crippen molar-refractivity contribution in [2.24, 2.45) is 0 Å². The monoisotopic (exact) mass is 277 g/mol. The van der Waals surface area contributed by atoms with Crippen molar-refractivity contribution in [2.45, 2.75) is 12.1 Å². The number of hydrogen-bond donors (Lipinski definition) is 0. The van der Waals surface area contributed by atoms with E-state index in [0.717, 1.165) is 16.6 Å². The highest BCUT2D eigenvalue weighted by atomic mass is 16.6. The van der Waals surface area contributed by atoms with Gasteiger partial charge in [0.05, 0.1) is 4.92 Å². The molecule has 1 aromatic carbocycles. The summed E-state index contributed by atoms with van der Waals surface area (Å²) in [6, 6.07) is 6.82. The minimum absolute atomic E-state index is 0.0711. The number of benzene rings is 1. The first-order valence-electron chi connectivity index (χ1n) is 6.57. The maximum atomic E-state index is 10.7. The molecule has 0 amide bonds. The lowest BCUT2D eigenvalue weighted by Crippen LogP contribution is -2.49. The summed E-state index contributed by atoms with van der Waals surface area (Å²) in [5.74, 6) is 0. The van der Waals surface area contributed by atoms with E-state index < -0.39 is 4.92 Å². The van der Waals surface area contributed by atoms with E-state index in [-0.39, 0.29) is 17.8 Å². The van der Waals surface area contributed by atoms with Gasteiger partial charge < -0.3 is 9.47 Å². The van der Waals surface area contributed by atoms with Gasteiger partial charge >= 0.3 is 0 Å². The first kappa shape index (κ1) is 13.2. The molecule has 0 saturated carbocycles. The van der Waals surface area contributed by atoms with Gasteiger partial charge in [-0.25, -0.2) is 0 Å². The highest BCUT2D eigenvalue weighted by Crippen LogP contribution is 2.40. The van der Waals surface area contributed by atoms with Gasteiger partial charge in [-0.3, -0.25) is 14.6 Å². The summed E-state index contributed by atoms with van der Waals surface area (Å²) in [6.45, 7) is 6.50. The standard InChI is InChI=1S/C14H17N2O4/c1-2-7-16-9-19-8-13(16)14(20-10-16)11-3-5-12(6-4-11)15(17)18/h2-6,13-14H,1,7-10H2/q+1/t13-,14+,16?/m0/s1. The third-order valence-electron chi connectivity index (χ3n) is 4.13. The highest BCUT2D eigenvalue weighted by Gasteiger charge is 2.53. The van der Waals surface area contributed by atoms with Gasteiger partial charge in [-0.05, 0) is 23.8 Å². The molecule has 106 valence electrons. The number of nitro groups is 1. The zero-order chi connectivity index (χ0) is 14.2. The number of non-ortho nitro benzene ring substituents is 1. The van der Waals surface area contributed by atoms with E-state index >= 15 is 0 Å². The molecule has 3 atom stereocenters. The molecule has 3 rings (SSSR count). The molecule has 2 fully saturated rings. The summed E-state index contributed by atoms with van der Waals surface area (Å²) in [5.41, 5.74) is 1.07. The minimum atomic E-state index is -0.393. The van der Waals surface area contributed by atoms with Crippen molar-refractivity contribution in [3.05, 3.63) is 52.6 Å². The maximum absolute atomic E-state index is 10.7. The molecule has 1 aromatic rings. The number of hydrogen-bond acceptors (Lipinski definition) is 4. The average molecular weight is 277 g/mol. The highest BCUT2D eigenvalue weighted by molar-refractivity contribution is 5.34. The van der Waals surface area contributed by atoms with Crippen LogP contribution in [0.1, 0.15) is 11.7 Å². The molecular weight excluding hydrogens is 260 g/mol. The number of ether oxygens (including phenoxy) is 2. The van der Waals surface area contributed by atoms with Gasteiger partial charge in [0.2, 0.25) is 0 Å². The molecule has 2 aliphatic heterocycles. The first-order valence-corrected chi connectivity index (χ1v) is 6.57. The molecule has 2 aliphatic rings. The van der Waals surface area contributed by atoms with Gasteiger partial charge in [0.15, 0.2) is 13.5 Å². The number of fused-ring (bicyclic) bond motifs is 1. The van der Waals surface area contributed by atoms with Gasteiger partial charge in [-0.2, -0.15) is 0 Å². The van der Waals surface area contributed by atoms with Crippen molar-refractivity contribution in [3.8, 4) is 0 Å². The van der Waals surface area contributed by atoms with Crippen LogP contribution < -0.4 is 0 Å². The van der Waals surface area contributed by atoms with Gasteiger partial charge in [0.25, 0.3) is 5.69 Å². The van der Waals surface area contributed by atoms with Crippen LogP contribution in [0.2, 0.25) is 0 Å². The van der Waals surface area contributed by atoms with Crippen LogP contribution in [-0.4, -0.2) is 42.1 Å². The van der Waals surface area contributed by atoms with E-state index in [9.17, 15) is 10.1 Å². The van der Waals surface area contributed by atoms with E-state index in [1.54, 1.807) is 12.1 Å². The molecule has 20 heavy (non-hydrogen) atoms. The van der Waals surface area contributed by atoms with Crippen LogP contribution in [0.4, 0.5) is 5.69 Å². The Morgan fingerprint density at radius 1 is 1.40 bits per heavy atom. The fraction of sp³-hybridized carbons (Fsp3) is 0.429. The van der Waals surface area contributed by atoms with E-state index in [1.807, 2.05) is 6.08 Å². The largest absolute Gasteiger partial charge is 0.325 e. The Bertz CT molecular complexity index is 530. The van der Waals surface area contributed by atoms with E-state index in [4.69, 9.17) is 9.47 Å². The Kier molecular flexibility index (Phi) is 3.29. The SMILES string of the molecule is C=CC[N+]12COC[C@H]1[C@@H](c1ccc([N+](=O)[O-])cc1)OC2. The number of quaternary nitrogens is 1. The van der Waals surface area contributed by atoms with Crippen LogP contribution in [-0.2, 0) is 9.47 Å². The van der Waals surface area contributed by atoms with Crippen LogP contribution in [0, 0.1) is 10.1 Å². The first-order chi connectivity index (χ1) is 9.66. The average Bonchev–Trinajstić information content (AvgIpc) is 2.97. The zero-order valence-electron chi connectivity index (χ0n) is 11.1. The van der Waals surface area contributed by atoms with Crippen molar-refractivity contribution in [1.29, 1.82) is 0 Å². The summed E-state index contributed by atoms with van der Waals surface area (Å²) in [6.07, 6.45) is 1.82. The second-order valence-corrected chi connectivity index (χ2v) is 5.32. The minimum Gasteiger partial charge on any atom is -0.325 e. The van der Waals surface area contributed by atoms with Crippen molar-refractivity contribution in [2.75, 3.05) is 26.6 Å². The van der Waals surface area contributed by atoms with E-state index in [0.29, 0.717) is 20.1 Å². The maximum Gasteiger partial charge on any atom is 0.269 e. The molecule has 6 nitrogen and oxygen atoms in total. The van der Waals surface area contributed by atoms with Crippen molar-refractivity contribution >= 4 is 5.69 Å². The third kappa shape index (κ3) is 2.02. The topological polar surface area (TPSA) is 61.6 Å². The third-order valence-corrected chi connectivity index (χ3v) is 4.13. The summed E-state index contributed by atoms with van der Waals surface area (Å²) < 4.78 is 12.3. The number of rotatable bonds is 4. The lowest BCUT2D eigenvalue weighted by atomic mass is 10.0. The van der Waals surface area contributed by atoms with E-state index in [2.05, 4.69) is 6.58 Å². The molecule has 0 bridgehead atoms. The normalized spacial score (nSPS) is 32.0. The zero-order valence-corrected chi connectivity index (χ0v) is 11.1. The predicted molar refractivity (Wildman–Crippen MR) is 71.7 cm³/mol. The number of nitro benzene ring substituents is 1. The summed E-state index contributed by atoms with van der Waals surface area (Å²) in [7, 11) is 0. The molecule has 2 saturated heterocycles. The van der Waals surface area contributed by atoms with Gasteiger partial charge in [-0.15, -0.1) is 0 Å². The summed E-state index contributed by atoms with van der Waals surface area (Å²) >= 11 is 0. The Morgan fingerprint density at radius 3 is 2.80 bits per heavy atom. The predicted octanol–water partition coefficient (Wildman–Crippen LogP) is 1.98. The molecule has 2 heterocycles. The van der Waals surface area contributed by atoms with Crippen molar-refractivity contribution in [1.82, 2.24) is 0 Å². The molecule has 0 N–H and O–H groups in total. The Hall–Kier alpha value is -1.76. The second-order valence-electron chi connectivity index (χ2n) is 5.32. The summed E-state index contributed by atoms with van der Waals surface area (Å²) in [5, 5.41) is 10.7. The smallest absolute Gasteiger partial charge is 0.269 e. The fourth-order valence-corrected chi connectivity index (χ4v) is 3.06.